The zero-order valence-corrected chi connectivity index (χ0v) is 11.7. The summed E-state index contributed by atoms with van der Waals surface area (Å²) in [6.45, 7) is 2.54. The molecule has 104 valence electrons. The van der Waals surface area contributed by atoms with Crippen molar-refractivity contribution in [2.45, 2.75) is 13.3 Å². The van der Waals surface area contributed by atoms with Crippen LogP contribution in [-0.2, 0) is 4.79 Å². The number of hydrogen-bond donors (Lipinski definition) is 1. The maximum Gasteiger partial charge on any atom is 0.261 e. The summed E-state index contributed by atoms with van der Waals surface area (Å²) < 4.78 is 10.6. The van der Waals surface area contributed by atoms with Gasteiger partial charge in [-0.3, -0.25) is 4.79 Å². The zero-order valence-electron chi connectivity index (χ0n) is 10.9. The fourth-order valence-electron chi connectivity index (χ4n) is 1.73. The molecule has 0 radical (unpaired) electrons. The topological polar surface area (TPSA) is 71.4 Å². The van der Waals surface area contributed by atoms with Crippen molar-refractivity contribution < 1.29 is 14.3 Å². The van der Waals surface area contributed by atoms with Gasteiger partial charge in [-0.15, -0.1) is 0 Å². The van der Waals surface area contributed by atoms with E-state index in [4.69, 9.17) is 26.3 Å². The van der Waals surface area contributed by atoms with E-state index >= 15 is 0 Å². The van der Waals surface area contributed by atoms with Crippen molar-refractivity contribution in [1.29, 1.82) is 5.26 Å². The number of benzene rings is 1. The second kappa shape index (κ2) is 6.31. The summed E-state index contributed by atoms with van der Waals surface area (Å²) in [5.74, 6) is 0.572. The van der Waals surface area contributed by atoms with Crippen LogP contribution in [0.4, 0.5) is 0 Å². The molecule has 1 aromatic rings. The van der Waals surface area contributed by atoms with E-state index in [2.05, 4.69) is 5.32 Å². The number of nitriles is 1. The highest BCUT2D eigenvalue weighted by Gasteiger charge is 2.20. The number of carbonyl (C=O) groups excluding carboxylic acids is 1. The summed E-state index contributed by atoms with van der Waals surface area (Å²) in [4.78, 5) is 11.8. The van der Waals surface area contributed by atoms with Crippen LogP contribution in [0.1, 0.15) is 18.9 Å². The van der Waals surface area contributed by atoms with Crippen molar-refractivity contribution in [3.8, 4) is 17.6 Å². The first kappa shape index (κ1) is 14.2. The predicted molar refractivity (Wildman–Crippen MR) is 74.5 cm³/mol. The SMILES string of the molecule is CCCNC(=O)/C(C#N)=C/c1c(Cl)ccc2c1OCO2. The van der Waals surface area contributed by atoms with Crippen LogP contribution in [0.5, 0.6) is 11.5 Å². The lowest BCUT2D eigenvalue weighted by Crippen LogP contribution is -2.25. The molecule has 20 heavy (non-hydrogen) atoms. The van der Waals surface area contributed by atoms with Crippen LogP contribution >= 0.6 is 11.6 Å². The molecule has 1 N–H and O–H groups in total. The largest absolute Gasteiger partial charge is 0.454 e. The Morgan fingerprint density at radius 3 is 3.05 bits per heavy atom. The molecule has 5 nitrogen and oxygen atoms in total. The first-order valence-corrected chi connectivity index (χ1v) is 6.53. The quantitative estimate of drug-likeness (QED) is 0.684. The monoisotopic (exact) mass is 292 g/mol. The van der Waals surface area contributed by atoms with E-state index in [1.165, 1.54) is 6.08 Å². The molecule has 0 fully saturated rings. The van der Waals surface area contributed by atoms with Crippen LogP contribution in [0, 0.1) is 11.3 Å². The smallest absolute Gasteiger partial charge is 0.261 e. The van der Waals surface area contributed by atoms with Gasteiger partial charge in [-0.1, -0.05) is 18.5 Å². The number of amides is 1. The molecule has 1 aliphatic rings. The highest BCUT2D eigenvalue weighted by molar-refractivity contribution is 6.32. The maximum atomic E-state index is 11.8. The average molecular weight is 293 g/mol. The van der Waals surface area contributed by atoms with Gasteiger partial charge in [0, 0.05) is 12.1 Å². The van der Waals surface area contributed by atoms with Crippen molar-refractivity contribution >= 4 is 23.6 Å². The second-order valence-electron chi connectivity index (χ2n) is 4.12. The second-order valence-corrected chi connectivity index (χ2v) is 4.53. The lowest BCUT2D eigenvalue weighted by Gasteiger charge is -2.05. The van der Waals surface area contributed by atoms with Crippen molar-refractivity contribution in [3.63, 3.8) is 0 Å². The Bertz CT molecular complexity index is 605. The molecule has 0 aliphatic carbocycles. The molecule has 0 bridgehead atoms. The number of nitrogens with zero attached hydrogens (tertiary/aromatic N) is 1. The molecule has 1 heterocycles. The normalized spacial score (nSPS) is 12.9. The molecule has 0 saturated carbocycles. The van der Waals surface area contributed by atoms with Crippen LogP contribution < -0.4 is 14.8 Å². The Balaban J connectivity index is 2.36. The number of fused-ring (bicyclic) bond motifs is 1. The standard InChI is InChI=1S/C14H13ClN2O3/c1-2-5-17-14(18)9(7-16)6-10-11(15)3-4-12-13(10)20-8-19-12/h3-4,6H,2,5,8H2,1H3,(H,17,18)/b9-6+. The molecule has 1 amide bonds. The van der Waals surface area contributed by atoms with Crippen molar-refractivity contribution in [2.24, 2.45) is 0 Å². The molecular weight excluding hydrogens is 280 g/mol. The Morgan fingerprint density at radius 1 is 1.55 bits per heavy atom. The highest BCUT2D eigenvalue weighted by Crippen LogP contribution is 2.40. The predicted octanol–water partition coefficient (Wildman–Crippen LogP) is 2.50. The van der Waals surface area contributed by atoms with E-state index in [1.807, 2.05) is 13.0 Å². The van der Waals surface area contributed by atoms with Gasteiger partial charge in [0.15, 0.2) is 11.5 Å². The summed E-state index contributed by atoms with van der Waals surface area (Å²) >= 11 is 6.10. The third-order valence-corrected chi connectivity index (χ3v) is 3.04. The van der Waals surface area contributed by atoms with Crippen molar-refractivity contribution in [2.75, 3.05) is 13.3 Å². The van der Waals surface area contributed by atoms with Gasteiger partial charge < -0.3 is 14.8 Å². The van der Waals surface area contributed by atoms with E-state index < -0.39 is 5.91 Å². The summed E-state index contributed by atoms with van der Waals surface area (Å²) in [5, 5.41) is 12.1. The van der Waals surface area contributed by atoms with Crippen molar-refractivity contribution in [3.05, 3.63) is 28.3 Å². The summed E-state index contributed by atoms with van der Waals surface area (Å²) in [5.41, 5.74) is 0.453. The Morgan fingerprint density at radius 2 is 2.35 bits per heavy atom. The zero-order chi connectivity index (χ0) is 14.5. The fourth-order valence-corrected chi connectivity index (χ4v) is 1.93. The number of nitrogens with one attached hydrogen (secondary N) is 1. The maximum absolute atomic E-state index is 11.8. The lowest BCUT2D eigenvalue weighted by atomic mass is 10.1. The van der Waals surface area contributed by atoms with Gasteiger partial charge in [0.25, 0.3) is 5.91 Å². The average Bonchev–Trinajstić information content (AvgIpc) is 2.92. The minimum atomic E-state index is -0.429. The van der Waals surface area contributed by atoms with Crippen LogP contribution in [0.2, 0.25) is 5.02 Å². The Kier molecular flexibility index (Phi) is 4.49. The Labute approximate surface area is 121 Å². The number of halogens is 1. The van der Waals surface area contributed by atoms with E-state index in [-0.39, 0.29) is 12.4 Å². The number of carbonyl (C=O) groups is 1. The van der Waals surface area contributed by atoms with Gasteiger partial charge in [0.1, 0.15) is 11.6 Å². The van der Waals surface area contributed by atoms with Gasteiger partial charge in [0.2, 0.25) is 6.79 Å². The van der Waals surface area contributed by atoms with E-state index in [0.29, 0.717) is 28.6 Å². The molecule has 6 heteroatoms. The minimum Gasteiger partial charge on any atom is -0.454 e. The molecule has 1 aromatic carbocycles. The van der Waals surface area contributed by atoms with Crippen LogP contribution in [0.15, 0.2) is 17.7 Å². The van der Waals surface area contributed by atoms with E-state index in [1.54, 1.807) is 12.1 Å². The van der Waals surface area contributed by atoms with Crippen molar-refractivity contribution in [1.82, 2.24) is 5.32 Å². The summed E-state index contributed by atoms with van der Waals surface area (Å²) in [6, 6.07) is 5.20. The molecule has 0 spiro atoms. The molecule has 0 aromatic heterocycles. The lowest BCUT2D eigenvalue weighted by molar-refractivity contribution is -0.117. The first-order chi connectivity index (χ1) is 9.67. The molecule has 0 atom stereocenters. The number of rotatable bonds is 4. The van der Waals surface area contributed by atoms with Gasteiger partial charge in [0.05, 0.1) is 5.02 Å². The van der Waals surface area contributed by atoms with Gasteiger partial charge in [-0.25, -0.2) is 0 Å². The van der Waals surface area contributed by atoms with Crippen LogP contribution in [0.3, 0.4) is 0 Å². The van der Waals surface area contributed by atoms with Crippen LogP contribution in [0.25, 0.3) is 6.08 Å². The first-order valence-electron chi connectivity index (χ1n) is 6.15. The fraction of sp³-hybridized carbons (Fsp3) is 0.286. The molecule has 1 aliphatic heterocycles. The van der Waals surface area contributed by atoms with E-state index in [9.17, 15) is 4.79 Å². The molecule has 0 saturated heterocycles. The highest BCUT2D eigenvalue weighted by atomic mass is 35.5. The van der Waals surface area contributed by atoms with Gasteiger partial charge in [-0.05, 0) is 24.6 Å². The van der Waals surface area contributed by atoms with Crippen LogP contribution in [-0.4, -0.2) is 19.2 Å². The molecule has 0 unspecified atom stereocenters. The Hall–Kier alpha value is -2.19. The third-order valence-electron chi connectivity index (χ3n) is 2.71. The van der Waals surface area contributed by atoms with Gasteiger partial charge in [-0.2, -0.15) is 5.26 Å². The summed E-state index contributed by atoms with van der Waals surface area (Å²) in [6.07, 6.45) is 2.21. The number of hydrogen-bond acceptors (Lipinski definition) is 4. The minimum absolute atomic E-state index is 0.0238. The summed E-state index contributed by atoms with van der Waals surface area (Å²) in [7, 11) is 0. The molecular formula is C14H13ClN2O3. The van der Waals surface area contributed by atoms with E-state index in [0.717, 1.165) is 6.42 Å². The molecule has 2 rings (SSSR count). The third kappa shape index (κ3) is 2.86. The van der Waals surface area contributed by atoms with Gasteiger partial charge >= 0.3 is 0 Å². The number of ether oxygens (including phenoxy) is 2.